The van der Waals surface area contributed by atoms with Crippen molar-refractivity contribution in [2.75, 3.05) is 19.7 Å². The Bertz CT molecular complexity index is 154. The second-order valence-electron chi connectivity index (χ2n) is 2.50. The van der Waals surface area contributed by atoms with Crippen LogP contribution in [0.5, 0.6) is 0 Å². The summed E-state index contributed by atoms with van der Waals surface area (Å²) < 4.78 is 24.6. The van der Waals surface area contributed by atoms with Gasteiger partial charge in [-0.1, -0.05) is 0 Å². The molecule has 0 aliphatic heterocycles. The lowest BCUT2D eigenvalue weighted by Gasteiger charge is -2.13. The highest BCUT2D eigenvalue weighted by molar-refractivity contribution is 4.83. The van der Waals surface area contributed by atoms with Crippen molar-refractivity contribution in [3.05, 3.63) is 0 Å². The predicted molar refractivity (Wildman–Crippen MR) is 43.0 cm³/mol. The van der Waals surface area contributed by atoms with E-state index in [0.29, 0.717) is 19.4 Å². The molecule has 0 spiro atoms. The van der Waals surface area contributed by atoms with Crippen molar-refractivity contribution in [3.8, 4) is 12.3 Å². The van der Waals surface area contributed by atoms with Crippen molar-refractivity contribution in [3.63, 3.8) is 0 Å². The molecule has 0 aromatic carbocycles. The minimum absolute atomic E-state index is 0.458. The van der Waals surface area contributed by atoms with Gasteiger partial charge in [0.05, 0.1) is 6.54 Å². The van der Waals surface area contributed by atoms with E-state index in [2.05, 4.69) is 11.2 Å². The summed E-state index contributed by atoms with van der Waals surface area (Å²) in [6.45, 7) is -1.15. The average molecular weight is 177 g/mol. The highest BCUT2D eigenvalue weighted by Crippen LogP contribution is 2.09. The van der Waals surface area contributed by atoms with Crippen LogP contribution < -0.4 is 5.32 Å². The molecule has 0 aliphatic carbocycles. The molecule has 2 nitrogen and oxygen atoms in total. The van der Waals surface area contributed by atoms with E-state index >= 15 is 0 Å². The van der Waals surface area contributed by atoms with Gasteiger partial charge in [-0.05, 0) is 13.0 Å². The fourth-order valence-corrected chi connectivity index (χ4v) is 0.643. The van der Waals surface area contributed by atoms with Crippen molar-refractivity contribution in [1.82, 2.24) is 5.32 Å². The Morgan fingerprint density at radius 1 is 1.50 bits per heavy atom. The summed E-state index contributed by atoms with van der Waals surface area (Å²) in [6, 6.07) is 0. The number of rotatable bonds is 6. The molecule has 0 amide bonds. The summed E-state index contributed by atoms with van der Waals surface area (Å²) in [5.74, 6) is -0.615. The van der Waals surface area contributed by atoms with E-state index in [1.165, 1.54) is 0 Å². The Balaban J connectivity index is 3.26. The van der Waals surface area contributed by atoms with Crippen LogP contribution in [0.3, 0.4) is 0 Å². The Labute approximate surface area is 71.0 Å². The van der Waals surface area contributed by atoms with Gasteiger partial charge in [-0.2, -0.15) is 0 Å². The SMILES string of the molecule is C#CCCCNCC(F)(F)CO. The number of unbranched alkanes of at least 4 members (excludes halogenated alkanes) is 1. The maximum Gasteiger partial charge on any atom is 0.282 e. The molecule has 4 heteroatoms. The van der Waals surface area contributed by atoms with Gasteiger partial charge in [0.25, 0.3) is 5.92 Å². The third-order valence-corrected chi connectivity index (χ3v) is 1.29. The molecule has 0 radical (unpaired) electrons. The van der Waals surface area contributed by atoms with E-state index in [1.807, 2.05) is 0 Å². The van der Waals surface area contributed by atoms with Crippen LogP contribution in [-0.2, 0) is 0 Å². The molecule has 0 aromatic rings. The van der Waals surface area contributed by atoms with Gasteiger partial charge in [-0.15, -0.1) is 12.3 Å². The Hall–Kier alpha value is -0.660. The number of alkyl halides is 2. The minimum Gasteiger partial charge on any atom is -0.390 e. The summed E-state index contributed by atoms with van der Waals surface area (Å²) in [7, 11) is 0. The summed E-state index contributed by atoms with van der Waals surface area (Å²) >= 11 is 0. The lowest BCUT2D eigenvalue weighted by Crippen LogP contribution is -2.36. The van der Waals surface area contributed by atoms with Crippen LogP contribution in [0, 0.1) is 12.3 Å². The fraction of sp³-hybridized carbons (Fsp3) is 0.750. The molecule has 0 fully saturated rings. The van der Waals surface area contributed by atoms with Crippen LogP contribution in [0.1, 0.15) is 12.8 Å². The summed E-state index contributed by atoms with van der Waals surface area (Å²) in [5.41, 5.74) is 0. The van der Waals surface area contributed by atoms with Gasteiger partial charge in [-0.25, -0.2) is 8.78 Å². The van der Waals surface area contributed by atoms with Crippen molar-refractivity contribution >= 4 is 0 Å². The summed E-state index contributed by atoms with van der Waals surface area (Å²) in [6.07, 6.45) is 6.22. The number of terminal acetylenes is 1. The number of aliphatic hydroxyl groups excluding tert-OH is 1. The zero-order valence-electron chi connectivity index (χ0n) is 6.82. The van der Waals surface area contributed by atoms with E-state index in [4.69, 9.17) is 11.5 Å². The van der Waals surface area contributed by atoms with E-state index in [9.17, 15) is 8.78 Å². The van der Waals surface area contributed by atoms with E-state index in [-0.39, 0.29) is 0 Å². The first kappa shape index (κ1) is 11.3. The third-order valence-electron chi connectivity index (χ3n) is 1.29. The molecule has 0 heterocycles. The largest absolute Gasteiger partial charge is 0.390 e. The van der Waals surface area contributed by atoms with Crippen LogP contribution in [0.4, 0.5) is 8.78 Å². The molecule has 0 unspecified atom stereocenters. The van der Waals surface area contributed by atoms with Crippen LogP contribution in [0.25, 0.3) is 0 Å². The summed E-state index contributed by atoms with van der Waals surface area (Å²) in [4.78, 5) is 0. The van der Waals surface area contributed by atoms with Gasteiger partial charge < -0.3 is 10.4 Å². The molecule has 0 saturated heterocycles. The normalized spacial score (nSPS) is 11.2. The molecule has 2 N–H and O–H groups in total. The lowest BCUT2D eigenvalue weighted by atomic mass is 10.3. The maximum absolute atomic E-state index is 12.3. The van der Waals surface area contributed by atoms with Crippen molar-refractivity contribution in [2.24, 2.45) is 0 Å². The first-order chi connectivity index (χ1) is 5.62. The molecule has 0 bridgehead atoms. The maximum atomic E-state index is 12.3. The molecule has 0 aromatic heterocycles. The first-order valence-corrected chi connectivity index (χ1v) is 3.75. The Kier molecular flexibility index (Phi) is 5.60. The van der Waals surface area contributed by atoms with E-state index in [1.54, 1.807) is 0 Å². The molecule has 12 heavy (non-hydrogen) atoms. The molecule has 0 atom stereocenters. The fourth-order valence-electron chi connectivity index (χ4n) is 0.643. The van der Waals surface area contributed by atoms with E-state index < -0.39 is 19.1 Å². The molecule has 0 saturated carbocycles. The minimum atomic E-state index is -3.02. The zero-order chi connectivity index (χ0) is 9.45. The molecular weight excluding hydrogens is 164 g/mol. The van der Waals surface area contributed by atoms with Crippen LogP contribution in [0.15, 0.2) is 0 Å². The standard InChI is InChI=1S/C8H13F2NO/c1-2-3-4-5-11-6-8(9,10)7-12/h1,11-12H,3-7H2. The molecular formula is C8H13F2NO. The number of aliphatic hydroxyl groups is 1. The molecule has 70 valence electrons. The van der Waals surface area contributed by atoms with Crippen molar-refractivity contribution < 1.29 is 13.9 Å². The van der Waals surface area contributed by atoms with Crippen LogP contribution >= 0.6 is 0 Å². The van der Waals surface area contributed by atoms with Gasteiger partial charge in [0, 0.05) is 6.42 Å². The first-order valence-electron chi connectivity index (χ1n) is 3.75. The predicted octanol–water partition coefficient (Wildman–Crippen LogP) is 0.617. The Morgan fingerprint density at radius 3 is 2.67 bits per heavy atom. The van der Waals surface area contributed by atoms with Crippen molar-refractivity contribution in [1.29, 1.82) is 0 Å². The highest BCUT2D eigenvalue weighted by Gasteiger charge is 2.26. The number of hydrogen-bond donors (Lipinski definition) is 2. The zero-order valence-corrected chi connectivity index (χ0v) is 6.82. The third kappa shape index (κ3) is 6.08. The molecule has 0 aliphatic rings. The highest BCUT2D eigenvalue weighted by atomic mass is 19.3. The van der Waals surface area contributed by atoms with Gasteiger partial charge in [0.1, 0.15) is 6.61 Å². The topological polar surface area (TPSA) is 32.3 Å². The second-order valence-corrected chi connectivity index (χ2v) is 2.50. The average Bonchev–Trinajstić information content (AvgIpc) is 2.04. The molecule has 0 rings (SSSR count). The van der Waals surface area contributed by atoms with Gasteiger partial charge in [0.2, 0.25) is 0 Å². The smallest absolute Gasteiger partial charge is 0.282 e. The number of halogens is 2. The monoisotopic (exact) mass is 177 g/mol. The van der Waals surface area contributed by atoms with Gasteiger partial charge in [0.15, 0.2) is 0 Å². The second kappa shape index (κ2) is 5.92. The quantitative estimate of drug-likeness (QED) is 0.460. The number of hydrogen-bond acceptors (Lipinski definition) is 2. The van der Waals surface area contributed by atoms with Crippen LogP contribution in [-0.4, -0.2) is 30.7 Å². The van der Waals surface area contributed by atoms with E-state index in [0.717, 1.165) is 0 Å². The summed E-state index contributed by atoms with van der Waals surface area (Å²) in [5, 5.41) is 10.7. The van der Waals surface area contributed by atoms with Crippen LogP contribution in [0.2, 0.25) is 0 Å². The lowest BCUT2D eigenvalue weighted by molar-refractivity contribution is -0.0474. The number of nitrogens with one attached hydrogen (secondary N) is 1. The Morgan fingerprint density at radius 2 is 2.17 bits per heavy atom. The van der Waals surface area contributed by atoms with Gasteiger partial charge >= 0.3 is 0 Å². The van der Waals surface area contributed by atoms with Gasteiger partial charge in [-0.3, -0.25) is 0 Å². The van der Waals surface area contributed by atoms with Crippen molar-refractivity contribution in [2.45, 2.75) is 18.8 Å².